The molecule has 132 valence electrons. The molecule has 1 aliphatic rings. The number of amides is 1. The van der Waals surface area contributed by atoms with Crippen molar-refractivity contribution < 1.29 is 13.7 Å². The minimum Gasteiger partial charge on any atom is -0.480 e. The third-order valence-electron chi connectivity index (χ3n) is 3.90. The summed E-state index contributed by atoms with van der Waals surface area (Å²) in [5, 5.41) is 2.78. The van der Waals surface area contributed by atoms with Gasteiger partial charge in [-0.1, -0.05) is 12.1 Å². The second kappa shape index (κ2) is 7.60. The van der Waals surface area contributed by atoms with Crippen LogP contribution in [0.2, 0.25) is 0 Å². The lowest BCUT2D eigenvalue weighted by Gasteiger charge is -2.07. The molecule has 2 aromatic rings. The molecular formula is C17H20N4O3S. The second-order valence-corrected chi connectivity index (χ2v) is 8.40. The highest BCUT2D eigenvalue weighted by molar-refractivity contribution is 7.93. The van der Waals surface area contributed by atoms with Crippen molar-refractivity contribution >= 4 is 21.3 Å². The Morgan fingerprint density at radius 1 is 1.32 bits per heavy atom. The van der Waals surface area contributed by atoms with E-state index in [1.54, 1.807) is 6.07 Å². The zero-order valence-corrected chi connectivity index (χ0v) is 14.8. The molecule has 0 unspecified atom stereocenters. The molecule has 0 atom stereocenters. The molecule has 8 heteroatoms. The zero-order valence-electron chi connectivity index (χ0n) is 14.0. The molecule has 1 aromatic carbocycles. The maximum atomic E-state index is 12.4. The molecule has 1 N–H and O–H groups in total. The van der Waals surface area contributed by atoms with Crippen LogP contribution in [-0.2, 0) is 16.3 Å². The lowest BCUT2D eigenvalue weighted by Crippen LogP contribution is -2.14. The number of ether oxygens (including phenoxy) is 1. The third-order valence-corrected chi connectivity index (χ3v) is 6.35. The van der Waals surface area contributed by atoms with Gasteiger partial charge < -0.3 is 10.1 Å². The van der Waals surface area contributed by atoms with Crippen LogP contribution in [0, 0.1) is 0 Å². The van der Waals surface area contributed by atoms with Crippen LogP contribution in [0.1, 0.15) is 28.9 Å². The Morgan fingerprint density at radius 2 is 2.12 bits per heavy atom. The van der Waals surface area contributed by atoms with Crippen molar-refractivity contribution in [1.29, 1.82) is 0 Å². The van der Waals surface area contributed by atoms with Crippen LogP contribution < -0.4 is 10.1 Å². The fourth-order valence-corrected chi connectivity index (χ4v) is 4.73. The quantitative estimate of drug-likeness (QED) is 0.884. The topological polar surface area (TPSA) is 93.5 Å². The standard InChI is InChI=1S/C17H20N4O3S/c1-24-16-12-18-11-15(21-16)17(22)20-14-6-4-5-13(9-14)10-19-25(23)7-2-3-8-25/h4-6,9,11-12H,2-3,7-8,10H2,1H3,(H,20,22). The Kier molecular flexibility index (Phi) is 5.28. The second-order valence-electron chi connectivity index (χ2n) is 5.78. The fourth-order valence-electron chi connectivity index (χ4n) is 2.58. The summed E-state index contributed by atoms with van der Waals surface area (Å²) in [4.78, 5) is 20.2. The van der Waals surface area contributed by atoms with Crippen molar-refractivity contribution in [2.45, 2.75) is 19.4 Å². The predicted molar refractivity (Wildman–Crippen MR) is 96.2 cm³/mol. The van der Waals surface area contributed by atoms with E-state index in [1.165, 1.54) is 19.5 Å². The summed E-state index contributed by atoms with van der Waals surface area (Å²) in [6.45, 7) is 0.390. The molecule has 3 rings (SSSR count). The van der Waals surface area contributed by atoms with Crippen molar-refractivity contribution in [2.24, 2.45) is 4.36 Å². The molecule has 0 radical (unpaired) electrons. The molecule has 25 heavy (non-hydrogen) atoms. The molecule has 0 aliphatic carbocycles. The van der Waals surface area contributed by atoms with Gasteiger partial charge in [0, 0.05) is 26.9 Å². The molecule has 1 aliphatic heterocycles. The minimum absolute atomic E-state index is 0.170. The van der Waals surface area contributed by atoms with E-state index in [4.69, 9.17) is 4.74 Å². The lowest BCUT2D eigenvalue weighted by atomic mass is 10.2. The average Bonchev–Trinajstić information content (AvgIpc) is 3.07. The van der Waals surface area contributed by atoms with Gasteiger partial charge in [-0.25, -0.2) is 13.6 Å². The number of methoxy groups -OCH3 is 1. The predicted octanol–water partition coefficient (Wildman–Crippen LogP) is 2.50. The van der Waals surface area contributed by atoms with Gasteiger partial charge in [0.15, 0.2) is 5.69 Å². The highest BCUT2D eigenvalue weighted by atomic mass is 32.2. The number of benzene rings is 1. The number of aromatic nitrogens is 2. The van der Waals surface area contributed by atoms with Crippen LogP contribution in [0.15, 0.2) is 41.0 Å². The van der Waals surface area contributed by atoms with Gasteiger partial charge in [0.2, 0.25) is 5.88 Å². The summed E-state index contributed by atoms with van der Waals surface area (Å²) >= 11 is 0. The molecular weight excluding hydrogens is 340 g/mol. The van der Waals surface area contributed by atoms with Gasteiger partial charge >= 0.3 is 0 Å². The molecule has 0 saturated carbocycles. The number of nitrogens with one attached hydrogen (secondary N) is 1. The molecule has 7 nitrogen and oxygen atoms in total. The Balaban J connectivity index is 1.71. The number of anilines is 1. The molecule has 1 fully saturated rings. The fraction of sp³-hybridized carbons (Fsp3) is 0.353. The van der Waals surface area contributed by atoms with Crippen molar-refractivity contribution in [3.63, 3.8) is 0 Å². The van der Waals surface area contributed by atoms with Crippen molar-refractivity contribution in [1.82, 2.24) is 9.97 Å². The van der Waals surface area contributed by atoms with Gasteiger partial charge in [0.25, 0.3) is 5.91 Å². The van der Waals surface area contributed by atoms with Gasteiger partial charge in [-0.2, -0.15) is 0 Å². The Hall–Kier alpha value is -2.48. The molecule has 1 aromatic heterocycles. The maximum absolute atomic E-state index is 12.4. The summed E-state index contributed by atoms with van der Waals surface area (Å²) in [6, 6.07) is 7.35. The Morgan fingerprint density at radius 3 is 2.88 bits per heavy atom. The van der Waals surface area contributed by atoms with Crippen LogP contribution >= 0.6 is 0 Å². The van der Waals surface area contributed by atoms with E-state index in [9.17, 15) is 9.00 Å². The number of rotatable bonds is 5. The van der Waals surface area contributed by atoms with E-state index in [-0.39, 0.29) is 17.5 Å². The zero-order chi connectivity index (χ0) is 17.7. The van der Waals surface area contributed by atoms with Crippen LogP contribution in [-0.4, -0.2) is 38.7 Å². The molecule has 0 bridgehead atoms. The Labute approximate surface area is 147 Å². The number of hydrogen-bond acceptors (Lipinski definition) is 6. The van der Waals surface area contributed by atoms with E-state index in [1.807, 2.05) is 18.2 Å². The Bertz CT molecular complexity index is 879. The number of hydrogen-bond donors (Lipinski definition) is 1. The molecule has 0 spiro atoms. The normalized spacial score (nSPS) is 15.6. The summed E-state index contributed by atoms with van der Waals surface area (Å²) < 4.78 is 21.8. The molecule has 1 amide bonds. The summed E-state index contributed by atoms with van der Waals surface area (Å²) in [5.74, 6) is 1.29. The number of nitrogens with zero attached hydrogens (tertiary/aromatic N) is 3. The van der Waals surface area contributed by atoms with Crippen LogP contribution in [0.5, 0.6) is 5.88 Å². The highest BCUT2D eigenvalue weighted by Crippen LogP contribution is 2.17. The van der Waals surface area contributed by atoms with Gasteiger partial charge in [-0.3, -0.25) is 9.78 Å². The van der Waals surface area contributed by atoms with Crippen molar-refractivity contribution in [2.75, 3.05) is 23.9 Å². The van der Waals surface area contributed by atoms with Gasteiger partial charge in [-0.15, -0.1) is 0 Å². The molecule has 1 saturated heterocycles. The van der Waals surface area contributed by atoms with E-state index in [2.05, 4.69) is 19.6 Å². The van der Waals surface area contributed by atoms with E-state index in [0.717, 1.165) is 18.4 Å². The first-order valence-corrected chi connectivity index (χ1v) is 9.88. The van der Waals surface area contributed by atoms with Crippen LogP contribution in [0.4, 0.5) is 5.69 Å². The van der Waals surface area contributed by atoms with Gasteiger partial charge in [0.05, 0.1) is 26.0 Å². The van der Waals surface area contributed by atoms with E-state index in [0.29, 0.717) is 23.7 Å². The average molecular weight is 360 g/mol. The first-order chi connectivity index (χ1) is 12.1. The van der Waals surface area contributed by atoms with E-state index >= 15 is 0 Å². The van der Waals surface area contributed by atoms with Crippen molar-refractivity contribution in [3.05, 3.63) is 47.9 Å². The highest BCUT2D eigenvalue weighted by Gasteiger charge is 2.15. The monoisotopic (exact) mass is 360 g/mol. The van der Waals surface area contributed by atoms with Gasteiger partial charge in [0.1, 0.15) is 0 Å². The van der Waals surface area contributed by atoms with Crippen molar-refractivity contribution in [3.8, 4) is 5.88 Å². The first kappa shape index (κ1) is 17.3. The summed E-state index contributed by atoms with van der Waals surface area (Å²) in [7, 11) is -0.567. The first-order valence-electron chi connectivity index (χ1n) is 8.03. The van der Waals surface area contributed by atoms with Gasteiger partial charge in [-0.05, 0) is 30.5 Å². The smallest absolute Gasteiger partial charge is 0.276 e. The maximum Gasteiger partial charge on any atom is 0.276 e. The molecule has 2 heterocycles. The van der Waals surface area contributed by atoms with Crippen LogP contribution in [0.25, 0.3) is 0 Å². The SMILES string of the molecule is COc1cncc(C(=O)Nc2cccc(CN=S3(=O)CCCC3)c2)n1. The summed E-state index contributed by atoms with van der Waals surface area (Å²) in [5.41, 5.74) is 1.70. The summed E-state index contributed by atoms with van der Waals surface area (Å²) in [6.07, 6.45) is 4.78. The largest absolute Gasteiger partial charge is 0.480 e. The minimum atomic E-state index is -2.03. The lowest BCUT2D eigenvalue weighted by molar-refractivity contribution is 0.102. The van der Waals surface area contributed by atoms with E-state index < -0.39 is 9.73 Å². The third kappa shape index (κ3) is 4.54. The number of carbonyl (C=O) groups is 1. The number of carbonyl (C=O) groups excluding carboxylic acids is 1. The van der Waals surface area contributed by atoms with Crippen LogP contribution in [0.3, 0.4) is 0 Å².